The van der Waals surface area contributed by atoms with Crippen molar-refractivity contribution in [2.24, 2.45) is 21.8 Å². The van der Waals surface area contributed by atoms with Crippen molar-refractivity contribution in [1.82, 2.24) is 19.6 Å². The molecule has 0 saturated carbocycles. The van der Waals surface area contributed by atoms with Crippen LogP contribution in [0.25, 0.3) is 0 Å². The number of benzene rings is 4. The van der Waals surface area contributed by atoms with Gasteiger partial charge in [-0.05, 0) is 95.8 Å². The molecule has 2 saturated heterocycles. The van der Waals surface area contributed by atoms with Crippen molar-refractivity contribution in [2.75, 3.05) is 65.4 Å². The fraction of sp³-hybridized carbons (Fsp3) is 0.276. The van der Waals surface area contributed by atoms with Crippen molar-refractivity contribution >= 4 is 106 Å². The van der Waals surface area contributed by atoms with Crippen LogP contribution in [0.3, 0.4) is 0 Å². The van der Waals surface area contributed by atoms with E-state index in [0.29, 0.717) is 61.4 Å². The van der Waals surface area contributed by atoms with Crippen LogP contribution < -0.4 is 11.5 Å². The molecule has 27 nitrogen and oxygen atoms in total. The minimum Gasteiger partial charge on any atom is -0.478 e. The van der Waals surface area contributed by atoms with Gasteiger partial charge in [-0.3, -0.25) is 9.80 Å². The molecule has 4 aromatic rings. The van der Waals surface area contributed by atoms with Gasteiger partial charge < -0.3 is 78.0 Å². The molecule has 0 amide bonds. The van der Waals surface area contributed by atoms with Crippen LogP contribution in [0.4, 0.5) is 8.78 Å². The predicted octanol–water partition coefficient (Wildman–Crippen LogP) is 5.99. The molecule has 8 rings (SSSR count). The van der Waals surface area contributed by atoms with Gasteiger partial charge in [-0.25, -0.2) is 47.1 Å². The van der Waals surface area contributed by atoms with Gasteiger partial charge >= 0.3 is 47.8 Å². The molecule has 0 bridgehead atoms. The third-order valence-electron chi connectivity index (χ3n) is 12.8. The van der Waals surface area contributed by atoms with E-state index >= 15 is 0 Å². The molecule has 16 N–H and O–H groups in total. The van der Waals surface area contributed by atoms with Crippen LogP contribution in [0.5, 0.6) is 0 Å². The van der Waals surface area contributed by atoms with Gasteiger partial charge in [0.25, 0.3) is 0 Å². The molecule has 91 heavy (non-hydrogen) atoms. The highest BCUT2D eigenvalue weighted by atomic mass is 35.5. The Kier molecular flexibility index (Phi) is 34.9. The highest BCUT2D eigenvalue weighted by molar-refractivity contribution is 7.99. The molecule has 4 heterocycles. The normalized spacial score (nSPS) is 16.6. The van der Waals surface area contributed by atoms with Crippen molar-refractivity contribution in [2.45, 2.75) is 57.3 Å². The number of amidine groups is 2. The molecule has 0 radical (unpaired) electrons. The van der Waals surface area contributed by atoms with E-state index in [1.807, 2.05) is 48.5 Å². The number of carbonyl (C=O) groups is 8. The first kappa shape index (κ1) is 78.2. The second kappa shape index (κ2) is 40.7. The lowest BCUT2D eigenvalue weighted by Gasteiger charge is -2.39. The summed E-state index contributed by atoms with van der Waals surface area (Å²) >= 11 is 15.8. The Morgan fingerprint density at radius 2 is 0.725 bits per heavy atom. The largest absolute Gasteiger partial charge is 0.478 e. The third-order valence-corrected chi connectivity index (χ3v) is 15.6. The number of piperazine rings is 2. The van der Waals surface area contributed by atoms with Crippen molar-refractivity contribution in [3.8, 4) is 0 Å². The van der Waals surface area contributed by atoms with E-state index in [9.17, 15) is 47.1 Å². The summed E-state index contributed by atoms with van der Waals surface area (Å²) < 4.78 is 27.9. The molecule has 0 aromatic heterocycles. The minimum absolute atomic E-state index is 0. The Hall–Kier alpha value is -8.92. The fourth-order valence-corrected chi connectivity index (χ4v) is 11.4. The Balaban J connectivity index is 0.000000420. The highest BCUT2D eigenvalue weighted by Gasteiger charge is 2.32. The average Bonchev–Trinajstić information content (AvgIpc) is 1.71. The number of carboxylic acid groups (broad SMARTS) is 8. The standard InChI is InChI=1S/2C21H24ClFN4OS.4C4H4O4.H2O/c2*22-15-1-4-19-14(11-15)12-18(17-3-2-16(23)13-20(17)29-19)27-9-7-26(8-10-27)6-5-21(24)25-28;4*5-3(6)1-2-4(7)8;/h2*1-4,11,13,18,28H,5-10,12H2,(H2,24,25);4*1-2H,(H,5,6)(H,7,8);1H2/b;;4*2-1-;. The van der Waals surface area contributed by atoms with Crippen LogP contribution in [-0.4, -0.2) is 201 Å². The maximum atomic E-state index is 14.0. The predicted molar refractivity (Wildman–Crippen MR) is 330 cm³/mol. The molecule has 4 aromatic carbocycles. The Labute approximate surface area is 537 Å². The lowest BCUT2D eigenvalue weighted by atomic mass is 9.96. The molecular formula is C58H66Cl2F2N8O19S2. The number of carboxylic acids is 8. The van der Waals surface area contributed by atoms with Crippen LogP contribution in [0.15, 0.2) is 151 Å². The van der Waals surface area contributed by atoms with Gasteiger partial charge in [0.1, 0.15) is 23.3 Å². The van der Waals surface area contributed by atoms with Crippen LogP contribution in [0.2, 0.25) is 10.0 Å². The maximum absolute atomic E-state index is 14.0. The van der Waals surface area contributed by atoms with E-state index in [2.05, 4.69) is 29.9 Å². The first-order chi connectivity index (χ1) is 42.6. The summed E-state index contributed by atoms with van der Waals surface area (Å²) in [7, 11) is 0. The van der Waals surface area contributed by atoms with E-state index < -0.39 is 47.8 Å². The second-order valence-electron chi connectivity index (χ2n) is 19.0. The van der Waals surface area contributed by atoms with E-state index in [4.69, 9.17) is 85.9 Å². The summed E-state index contributed by atoms with van der Waals surface area (Å²) in [6.07, 6.45) is 7.29. The number of halogens is 4. The molecule has 2 fully saturated rings. The zero-order valence-corrected chi connectivity index (χ0v) is 51.2. The number of rotatable bonds is 16. The number of aliphatic carboxylic acids is 8. The monoisotopic (exact) mass is 1350 g/mol. The number of hydrogen-bond donors (Lipinski definition) is 12. The summed E-state index contributed by atoms with van der Waals surface area (Å²) in [5, 5.41) is 87.5. The minimum atomic E-state index is -1.26. The smallest absolute Gasteiger partial charge is 0.328 e. The zero-order chi connectivity index (χ0) is 67.0. The Morgan fingerprint density at radius 1 is 0.451 bits per heavy atom. The van der Waals surface area contributed by atoms with Crippen LogP contribution in [0, 0.1) is 11.6 Å². The molecule has 2 atom stereocenters. The van der Waals surface area contributed by atoms with Gasteiger partial charge in [0.05, 0.1) is 0 Å². The summed E-state index contributed by atoms with van der Waals surface area (Å²) in [5.41, 5.74) is 16.0. The average molecular weight is 1350 g/mol. The van der Waals surface area contributed by atoms with E-state index in [1.54, 1.807) is 47.8 Å². The quantitative estimate of drug-likeness (QED) is 0.0201. The van der Waals surface area contributed by atoms with Gasteiger partial charge in [0.15, 0.2) is 0 Å². The second-order valence-corrected chi connectivity index (χ2v) is 22.0. The number of oxime groups is 2. The topological polar surface area (TPSA) is 460 Å². The molecule has 0 aliphatic carbocycles. The van der Waals surface area contributed by atoms with E-state index in [-0.39, 0.29) is 40.9 Å². The molecule has 4 aliphatic rings. The first-order valence-electron chi connectivity index (χ1n) is 26.5. The number of fused-ring (bicyclic) bond motifs is 4. The van der Waals surface area contributed by atoms with Crippen LogP contribution >= 0.6 is 46.7 Å². The van der Waals surface area contributed by atoms with Gasteiger partial charge in [0.2, 0.25) is 0 Å². The van der Waals surface area contributed by atoms with E-state index in [1.165, 1.54) is 22.3 Å². The fourth-order valence-electron chi connectivity index (χ4n) is 8.70. The molecule has 492 valence electrons. The summed E-state index contributed by atoms with van der Waals surface area (Å²) in [6.45, 7) is 8.90. The summed E-state index contributed by atoms with van der Waals surface area (Å²) in [4.78, 5) is 90.3. The molecule has 33 heteroatoms. The van der Waals surface area contributed by atoms with Gasteiger partial charge in [-0.2, -0.15) is 0 Å². The molecule has 0 spiro atoms. The lowest BCUT2D eigenvalue weighted by molar-refractivity contribution is -0.134. The Bertz CT molecular complexity index is 3010. The lowest BCUT2D eigenvalue weighted by Crippen LogP contribution is -2.48. The highest BCUT2D eigenvalue weighted by Crippen LogP contribution is 2.45. The van der Waals surface area contributed by atoms with Gasteiger partial charge in [0, 0.05) is 169 Å². The number of nitrogens with two attached hydrogens (primary N) is 2. The number of nitrogens with zero attached hydrogens (tertiary/aromatic N) is 6. The SMILES string of the molecule is N/C(CCN1CCN(C2Cc3cc(Cl)ccc3Sc3cc(F)ccc32)CC1)=N/O.N/C(CCN1CCN(C2Cc3cc(Cl)ccc3Sc3cc(F)ccc32)CC1)=N/O.O.O=C(O)/C=C\C(=O)O.O=C(O)/C=C\C(=O)O.O=C(O)/C=C\C(=O)O.O=C(O)/C=C\C(=O)O. The molecule has 4 aliphatic heterocycles. The van der Waals surface area contributed by atoms with Crippen molar-refractivity contribution in [3.63, 3.8) is 0 Å². The van der Waals surface area contributed by atoms with Gasteiger partial charge in [-0.15, -0.1) is 0 Å². The molecule has 2 unspecified atom stereocenters. The zero-order valence-electron chi connectivity index (χ0n) is 48.0. The Morgan fingerprint density at radius 3 is 0.978 bits per heavy atom. The van der Waals surface area contributed by atoms with Crippen molar-refractivity contribution < 1.29 is 104 Å². The third kappa shape index (κ3) is 30.4. The van der Waals surface area contributed by atoms with Crippen molar-refractivity contribution in [1.29, 1.82) is 0 Å². The first-order valence-corrected chi connectivity index (χ1v) is 28.9. The summed E-state index contributed by atoms with van der Waals surface area (Å²) in [6, 6.07) is 22.6. The summed E-state index contributed by atoms with van der Waals surface area (Å²) in [5.74, 6) is -9.95. The molecular weight excluding hydrogens is 1290 g/mol. The maximum Gasteiger partial charge on any atom is 0.328 e. The van der Waals surface area contributed by atoms with Crippen LogP contribution in [-0.2, 0) is 51.2 Å². The number of hydrogen-bond acceptors (Lipinski definition) is 18. The van der Waals surface area contributed by atoms with E-state index in [0.717, 1.165) is 108 Å². The van der Waals surface area contributed by atoms with Crippen molar-refractivity contribution in [3.05, 3.63) is 165 Å². The van der Waals surface area contributed by atoms with Crippen LogP contribution in [0.1, 0.15) is 47.2 Å². The van der Waals surface area contributed by atoms with Gasteiger partial charge in [-0.1, -0.05) is 69.2 Å².